The average Bonchev–Trinajstić information content (AvgIpc) is 2.44. The number of likely N-dealkylation sites (tertiary alicyclic amines) is 1. The number of benzene rings is 1. The fourth-order valence-corrected chi connectivity index (χ4v) is 3.72. The lowest BCUT2D eigenvalue weighted by Crippen LogP contribution is -2.33. The van der Waals surface area contributed by atoms with Crippen LogP contribution in [-0.4, -0.2) is 39.5 Å². The number of hydrogen-bond donors (Lipinski definition) is 2. The fraction of sp³-hybridized carbons (Fsp3) is 0.571. The lowest BCUT2D eigenvalue weighted by atomic mass is 10.1. The van der Waals surface area contributed by atoms with E-state index in [1.54, 1.807) is 0 Å². The molecule has 21 heavy (non-hydrogen) atoms. The summed E-state index contributed by atoms with van der Waals surface area (Å²) in [5.41, 5.74) is 5.49. The first kappa shape index (κ1) is 16.2. The number of sulfonamides is 1. The minimum Gasteiger partial charge on any atom is -0.398 e. The zero-order valence-corrected chi connectivity index (χ0v) is 12.8. The molecule has 0 spiro atoms. The molecule has 1 fully saturated rings. The van der Waals surface area contributed by atoms with E-state index >= 15 is 0 Å². The van der Waals surface area contributed by atoms with Gasteiger partial charge in [-0.2, -0.15) is 0 Å². The molecule has 5 nitrogen and oxygen atoms in total. The normalized spacial score (nSPS) is 17.0. The van der Waals surface area contributed by atoms with E-state index in [9.17, 15) is 12.8 Å². The molecular formula is C14H22FN3O2S. The van der Waals surface area contributed by atoms with Crippen molar-refractivity contribution in [3.8, 4) is 0 Å². The summed E-state index contributed by atoms with van der Waals surface area (Å²) in [7, 11) is -3.67. The zero-order valence-electron chi connectivity index (χ0n) is 12.0. The van der Waals surface area contributed by atoms with Crippen LogP contribution in [0.2, 0.25) is 0 Å². The number of nitrogen functional groups attached to an aromatic ring is 1. The molecule has 0 radical (unpaired) electrons. The Morgan fingerprint density at radius 1 is 1.24 bits per heavy atom. The van der Waals surface area contributed by atoms with Crippen molar-refractivity contribution in [3.63, 3.8) is 0 Å². The van der Waals surface area contributed by atoms with Crippen LogP contribution < -0.4 is 10.5 Å². The second-order valence-corrected chi connectivity index (χ2v) is 7.07. The van der Waals surface area contributed by atoms with E-state index in [0.717, 1.165) is 38.2 Å². The van der Waals surface area contributed by atoms with Gasteiger partial charge in [0.25, 0.3) is 0 Å². The van der Waals surface area contributed by atoms with Gasteiger partial charge in [-0.1, -0.05) is 6.42 Å². The van der Waals surface area contributed by atoms with Crippen LogP contribution in [0.4, 0.5) is 10.1 Å². The van der Waals surface area contributed by atoms with Crippen LogP contribution >= 0.6 is 0 Å². The predicted octanol–water partition coefficient (Wildman–Crippen LogP) is 1.56. The number of halogens is 1. The molecule has 1 saturated heterocycles. The van der Waals surface area contributed by atoms with Crippen molar-refractivity contribution >= 4 is 15.7 Å². The van der Waals surface area contributed by atoms with Crippen molar-refractivity contribution in [2.45, 2.75) is 30.6 Å². The van der Waals surface area contributed by atoms with Crippen LogP contribution in [0.25, 0.3) is 0 Å². The maximum Gasteiger partial charge on any atom is 0.242 e. The highest BCUT2D eigenvalue weighted by Crippen LogP contribution is 2.18. The van der Waals surface area contributed by atoms with E-state index in [0.29, 0.717) is 6.54 Å². The lowest BCUT2D eigenvalue weighted by Gasteiger charge is -2.26. The highest BCUT2D eigenvalue weighted by atomic mass is 32.2. The van der Waals surface area contributed by atoms with E-state index in [1.807, 2.05) is 0 Å². The third kappa shape index (κ3) is 4.66. The zero-order chi connectivity index (χ0) is 15.3. The SMILES string of the molecule is Nc1cc(F)ccc1S(=O)(=O)NCCCN1CCCCC1. The molecule has 1 aliphatic rings. The highest BCUT2D eigenvalue weighted by Gasteiger charge is 2.17. The van der Waals surface area contributed by atoms with Gasteiger partial charge in [-0.15, -0.1) is 0 Å². The predicted molar refractivity (Wildman–Crippen MR) is 80.9 cm³/mol. The minimum absolute atomic E-state index is 0.0677. The van der Waals surface area contributed by atoms with Gasteiger partial charge in [-0.25, -0.2) is 17.5 Å². The Hall–Kier alpha value is -1.18. The first-order valence-electron chi connectivity index (χ1n) is 7.26. The number of rotatable bonds is 6. The summed E-state index contributed by atoms with van der Waals surface area (Å²) in [5, 5.41) is 0. The number of nitrogens with two attached hydrogens (primary N) is 1. The van der Waals surface area contributed by atoms with Crippen molar-refractivity contribution in [2.75, 3.05) is 31.9 Å². The standard InChI is InChI=1S/C14H22FN3O2S/c15-12-5-6-14(13(16)11-12)21(19,20)17-7-4-10-18-8-2-1-3-9-18/h5-6,11,17H,1-4,7-10,16H2. The van der Waals surface area contributed by atoms with Gasteiger partial charge >= 0.3 is 0 Å². The molecular weight excluding hydrogens is 293 g/mol. The molecule has 0 aliphatic carbocycles. The molecule has 1 aromatic carbocycles. The minimum atomic E-state index is -3.67. The van der Waals surface area contributed by atoms with Crippen molar-refractivity contribution in [1.82, 2.24) is 9.62 Å². The second-order valence-electron chi connectivity index (χ2n) is 5.34. The molecule has 0 atom stereocenters. The molecule has 1 heterocycles. The number of piperidine rings is 1. The van der Waals surface area contributed by atoms with Crippen molar-refractivity contribution in [1.29, 1.82) is 0 Å². The molecule has 2 rings (SSSR count). The fourth-order valence-electron chi connectivity index (χ4n) is 2.53. The molecule has 118 valence electrons. The molecule has 0 aromatic heterocycles. The molecule has 0 amide bonds. The van der Waals surface area contributed by atoms with E-state index < -0.39 is 15.8 Å². The Kier molecular flexibility index (Phi) is 5.55. The van der Waals surface area contributed by atoms with E-state index in [4.69, 9.17) is 5.73 Å². The Labute approximate surface area is 125 Å². The van der Waals surface area contributed by atoms with E-state index in [-0.39, 0.29) is 10.6 Å². The topological polar surface area (TPSA) is 75.4 Å². The summed E-state index contributed by atoms with van der Waals surface area (Å²) in [6.45, 7) is 3.44. The third-order valence-electron chi connectivity index (χ3n) is 3.65. The van der Waals surface area contributed by atoms with Gasteiger partial charge in [-0.05, 0) is 57.1 Å². The molecule has 0 unspecified atom stereocenters. The lowest BCUT2D eigenvalue weighted by molar-refractivity contribution is 0.227. The van der Waals surface area contributed by atoms with Crippen LogP contribution in [0.15, 0.2) is 23.1 Å². The van der Waals surface area contributed by atoms with Gasteiger partial charge in [0.15, 0.2) is 0 Å². The Morgan fingerprint density at radius 2 is 1.95 bits per heavy atom. The number of hydrogen-bond acceptors (Lipinski definition) is 4. The Bertz CT molecular complexity index is 572. The number of nitrogens with one attached hydrogen (secondary N) is 1. The van der Waals surface area contributed by atoms with Gasteiger partial charge in [-0.3, -0.25) is 0 Å². The maximum atomic E-state index is 12.9. The molecule has 0 saturated carbocycles. The smallest absolute Gasteiger partial charge is 0.242 e. The van der Waals surface area contributed by atoms with Gasteiger partial charge in [0, 0.05) is 6.54 Å². The largest absolute Gasteiger partial charge is 0.398 e. The Morgan fingerprint density at radius 3 is 2.62 bits per heavy atom. The summed E-state index contributed by atoms with van der Waals surface area (Å²) in [5.74, 6) is -0.545. The van der Waals surface area contributed by atoms with Crippen molar-refractivity contribution < 1.29 is 12.8 Å². The monoisotopic (exact) mass is 315 g/mol. The van der Waals surface area contributed by atoms with Crippen LogP contribution in [0.3, 0.4) is 0 Å². The van der Waals surface area contributed by atoms with Crippen LogP contribution in [-0.2, 0) is 10.0 Å². The molecule has 1 aliphatic heterocycles. The quantitative estimate of drug-likeness (QED) is 0.617. The number of anilines is 1. The van der Waals surface area contributed by atoms with Gasteiger partial charge < -0.3 is 10.6 Å². The van der Waals surface area contributed by atoms with E-state index in [2.05, 4.69) is 9.62 Å². The average molecular weight is 315 g/mol. The second kappa shape index (κ2) is 7.20. The molecule has 1 aromatic rings. The molecule has 0 bridgehead atoms. The van der Waals surface area contributed by atoms with E-state index in [1.165, 1.54) is 25.3 Å². The summed E-state index contributed by atoms with van der Waals surface area (Å²) in [6, 6.07) is 3.30. The Balaban J connectivity index is 1.83. The van der Waals surface area contributed by atoms with Crippen LogP contribution in [0.5, 0.6) is 0 Å². The maximum absolute atomic E-state index is 12.9. The highest BCUT2D eigenvalue weighted by molar-refractivity contribution is 7.89. The molecule has 3 N–H and O–H groups in total. The summed E-state index contributed by atoms with van der Waals surface area (Å²) < 4.78 is 39.6. The summed E-state index contributed by atoms with van der Waals surface area (Å²) in [4.78, 5) is 2.28. The van der Waals surface area contributed by atoms with Crippen molar-refractivity contribution in [2.24, 2.45) is 0 Å². The first-order chi connectivity index (χ1) is 9.99. The van der Waals surface area contributed by atoms with Gasteiger partial charge in [0.1, 0.15) is 10.7 Å². The van der Waals surface area contributed by atoms with Gasteiger partial charge in [0.05, 0.1) is 5.69 Å². The van der Waals surface area contributed by atoms with Gasteiger partial charge in [0.2, 0.25) is 10.0 Å². The van der Waals surface area contributed by atoms with Crippen LogP contribution in [0.1, 0.15) is 25.7 Å². The summed E-state index contributed by atoms with van der Waals surface area (Å²) in [6.07, 6.45) is 4.48. The first-order valence-corrected chi connectivity index (χ1v) is 8.74. The van der Waals surface area contributed by atoms with Crippen molar-refractivity contribution in [3.05, 3.63) is 24.0 Å². The molecule has 7 heteroatoms. The number of nitrogens with zero attached hydrogens (tertiary/aromatic N) is 1. The van der Waals surface area contributed by atoms with Crippen LogP contribution in [0, 0.1) is 5.82 Å². The summed E-state index contributed by atoms with van der Waals surface area (Å²) >= 11 is 0. The third-order valence-corrected chi connectivity index (χ3v) is 5.19.